The first kappa shape index (κ1) is 11.8. The van der Waals surface area contributed by atoms with Gasteiger partial charge in [0.05, 0.1) is 0 Å². The van der Waals surface area contributed by atoms with E-state index in [0.717, 1.165) is 16.7 Å². The summed E-state index contributed by atoms with van der Waals surface area (Å²) in [4.78, 5) is 0. The van der Waals surface area contributed by atoms with Crippen LogP contribution in [0.1, 0.15) is 25.7 Å². The molecule has 0 aliphatic heterocycles. The topological polar surface area (TPSA) is 43.6 Å². The van der Waals surface area contributed by atoms with Crippen molar-refractivity contribution in [2.75, 3.05) is 11.5 Å². The predicted octanol–water partition coefficient (Wildman–Crippen LogP) is 1.79. The molecule has 0 saturated carbocycles. The highest BCUT2D eigenvalue weighted by molar-refractivity contribution is 7.99. The lowest BCUT2D eigenvalue weighted by Crippen LogP contribution is -1.93. The Bertz CT molecular complexity index is 251. The van der Waals surface area contributed by atoms with E-state index in [-0.39, 0.29) is 0 Å². The smallest absolute Gasteiger partial charge is 0.209 e. The first-order valence-corrected chi connectivity index (χ1v) is 6.42. The quantitative estimate of drug-likeness (QED) is 0.442. The summed E-state index contributed by atoms with van der Waals surface area (Å²) in [5, 5.41) is 12.2. The van der Waals surface area contributed by atoms with Crippen LogP contribution < -0.4 is 0 Å². The molecule has 0 saturated heterocycles. The number of tetrazole rings is 1. The van der Waals surface area contributed by atoms with Crippen LogP contribution in [0.5, 0.6) is 0 Å². The molecule has 0 unspecified atom stereocenters. The molecule has 1 aromatic heterocycles. The zero-order chi connectivity index (χ0) is 10.2. The minimum Gasteiger partial charge on any atom is -0.224 e. The summed E-state index contributed by atoms with van der Waals surface area (Å²) in [6.07, 6.45) is 5.00. The fourth-order valence-corrected chi connectivity index (χ4v) is 2.15. The van der Waals surface area contributed by atoms with Crippen molar-refractivity contribution in [1.29, 1.82) is 0 Å². The Morgan fingerprint density at radius 2 is 2.07 bits per heavy atom. The van der Waals surface area contributed by atoms with Gasteiger partial charge >= 0.3 is 0 Å². The third kappa shape index (κ3) is 4.32. The SMILES string of the molecule is Cn1nnnc1SCCCCCCS. The fraction of sp³-hybridized carbons (Fsp3) is 0.875. The molecule has 14 heavy (non-hydrogen) atoms. The van der Waals surface area contributed by atoms with E-state index in [1.54, 1.807) is 16.4 Å². The Morgan fingerprint density at radius 3 is 2.71 bits per heavy atom. The summed E-state index contributed by atoms with van der Waals surface area (Å²) in [6, 6.07) is 0. The number of hydrogen-bond acceptors (Lipinski definition) is 5. The van der Waals surface area contributed by atoms with Crippen LogP contribution in [0, 0.1) is 0 Å². The van der Waals surface area contributed by atoms with E-state index in [2.05, 4.69) is 28.2 Å². The lowest BCUT2D eigenvalue weighted by atomic mass is 10.2. The number of aryl methyl sites for hydroxylation is 1. The molecular weight excluding hydrogens is 216 g/mol. The van der Waals surface area contributed by atoms with Crippen LogP contribution in [0.2, 0.25) is 0 Å². The van der Waals surface area contributed by atoms with E-state index < -0.39 is 0 Å². The molecule has 0 aliphatic rings. The van der Waals surface area contributed by atoms with E-state index in [4.69, 9.17) is 0 Å². The average molecular weight is 232 g/mol. The van der Waals surface area contributed by atoms with E-state index in [0.29, 0.717) is 0 Å². The monoisotopic (exact) mass is 232 g/mol. The molecule has 0 fully saturated rings. The second-order valence-corrected chi connectivity index (χ2v) is 4.58. The largest absolute Gasteiger partial charge is 0.224 e. The van der Waals surface area contributed by atoms with Gasteiger partial charge in [-0.15, -0.1) is 5.10 Å². The summed E-state index contributed by atoms with van der Waals surface area (Å²) in [6.45, 7) is 0. The number of rotatable bonds is 7. The van der Waals surface area contributed by atoms with Gasteiger partial charge in [-0.05, 0) is 29.0 Å². The minimum absolute atomic E-state index is 0.902. The molecule has 0 aliphatic carbocycles. The van der Waals surface area contributed by atoms with Crippen LogP contribution in [-0.4, -0.2) is 31.7 Å². The lowest BCUT2D eigenvalue weighted by molar-refractivity contribution is 0.663. The van der Waals surface area contributed by atoms with Crippen molar-refractivity contribution in [1.82, 2.24) is 20.2 Å². The highest BCUT2D eigenvalue weighted by atomic mass is 32.2. The fourth-order valence-electron chi connectivity index (χ4n) is 1.07. The molecule has 1 heterocycles. The summed E-state index contributed by atoms with van der Waals surface area (Å²) in [5.41, 5.74) is 0. The Balaban J connectivity index is 2.02. The summed E-state index contributed by atoms with van der Waals surface area (Å²) in [5.74, 6) is 2.10. The van der Waals surface area contributed by atoms with Crippen LogP contribution in [-0.2, 0) is 7.05 Å². The normalized spacial score (nSPS) is 10.7. The highest BCUT2D eigenvalue weighted by Crippen LogP contribution is 2.15. The molecule has 0 atom stereocenters. The van der Waals surface area contributed by atoms with Gasteiger partial charge < -0.3 is 0 Å². The minimum atomic E-state index is 0.902. The number of hydrogen-bond donors (Lipinski definition) is 1. The number of thioether (sulfide) groups is 1. The summed E-state index contributed by atoms with van der Waals surface area (Å²) < 4.78 is 1.71. The van der Waals surface area contributed by atoms with Crippen LogP contribution >= 0.6 is 24.4 Å². The predicted molar refractivity (Wildman–Crippen MR) is 61.8 cm³/mol. The molecule has 0 amide bonds. The Labute approximate surface area is 94.2 Å². The maximum atomic E-state index is 4.17. The van der Waals surface area contributed by atoms with Gasteiger partial charge in [0, 0.05) is 12.8 Å². The zero-order valence-electron chi connectivity index (χ0n) is 8.39. The molecule has 0 bridgehead atoms. The third-order valence-electron chi connectivity index (χ3n) is 1.86. The Hall–Kier alpha value is -0.230. The third-order valence-corrected chi connectivity index (χ3v) is 3.28. The lowest BCUT2D eigenvalue weighted by Gasteiger charge is -1.99. The molecule has 1 rings (SSSR count). The van der Waals surface area contributed by atoms with Crippen molar-refractivity contribution in [2.24, 2.45) is 7.05 Å². The number of aromatic nitrogens is 4. The van der Waals surface area contributed by atoms with Gasteiger partial charge in [0.15, 0.2) is 0 Å². The van der Waals surface area contributed by atoms with Crippen molar-refractivity contribution < 1.29 is 0 Å². The van der Waals surface area contributed by atoms with Crippen molar-refractivity contribution in [3.63, 3.8) is 0 Å². The van der Waals surface area contributed by atoms with Gasteiger partial charge in [-0.1, -0.05) is 24.6 Å². The maximum Gasteiger partial charge on any atom is 0.209 e. The number of thiol groups is 1. The van der Waals surface area contributed by atoms with E-state index in [9.17, 15) is 0 Å². The molecule has 0 aromatic carbocycles. The maximum absolute atomic E-state index is 4.17. The molecular formula is C8H16N4S2. The first-order valence-electron chi connectivity index (χ1n) is 4.80. The highest BCUT2D eigenvalue weighted by Gasteiger charge is 2.01. The van der Waals surface area contributed by atoms with E-state index in [1.165, 1.54) is 25.7 Å². The van der Waals surface area contributed by atoms with Crippen LogP contribution in [0.4, 0.5) is 0 Å². The molecule has 6 heteroatoms. The van der Waals surface area contributed by atoms with Crippen molar-refractivity contribution in [2.45, 2.75) is 30.8 Å². The Morgan fingerprint density at radius 1 is 1.29 bits per heavy atom. The molecule has 0 N–H and O–H groups in total. The van der Waals surface area contributed by atoms with Crippen LogP contribution in [0.3, 0.4) is 0 Å². The van der Waals surface area contributed by atoms with Crippen LogP contribution in [0.25, 0.3) is 0 Å². The van der Waals surface area contributed by atoms with Crippen LogP contribution in [0.15, 0.2) is 5.16 Å². The molecule has 4 nitrogen and oxygen atoms in total. The van der Waals surface area contributed by atoms with Gasteiger partial charge in [-0.3, -0.25) is 0 Å². The van der Waals surface area contributed by atoms with Crippen molar-refractivity contribution in [3.8, 4) is 0 Å². The van der Waals surface area contributed by atoms with Gasteiger partial charge in [-0.2, -0.15) is 12.6 Å². The summed E-state index contributed by atoms with van der Waals surface area (Å²) >= 11 is 5.89. The van der Waals surface area contributed by atoms with E-state index >= 15 is 0 Å². The number of nitrogens with zero attached hydrogens (tertiary/aromatic N) is 4. The molecule has 0 spiro atoms. The van der Waals surface area contributed by atoms with Crippen molar-refractivity contribution >= 4 is 24.4 Å². The van der Waals surface area contributed by atoms with Crippen molar-refractivity contribution in [3.05, 3.63) is 0 Å². The van der Waals surface area contributed by atoms with Gasteiger partial charge in [-0.25, -0.2) is 4.68 Å². The first-order chi connectivity index (χ1) is 6.84. The Kier molecular flexibility index (Phi) is 6.02. The number of unbranched alkanes of at least 4 members (excludes halogenated alkanes) is 3. The van der Waals surface area contributed by atoms with Gasteiger partial charge in [0.2, 0.25) is 5.16 Å². The molecule has 1 aromatic rings. The second kappa shape index (κ2) is 7.11. The standard InChI is InChI=1S/C8H16N4S2/c1-12-8(9-10-11-12)14-7-5-3-2-4-6-13/h13H,2-7H2,1H3. The van der Waals surface area contributed by atoms with Gasteiger partial charge in [0.25, 0.3) is 0 Å². The molecule has 0 radical (unpaired) electrons. The second-order valence-electron chi connectivity index (χ2n) is 3.07. The van der Waals surface area contributed by atoms with Gasteiger partial charge in [0.1, 0.15) is 0 Å². The zero-order valence-corrected chi connectivity index (χ0v) is 10.1. The molecule has 80 valence electrons. The van der Waals surface area contributed by atoms with E-state index in [1.807, 2.05) is 7.05 Å². The average Bonchev–Trinajstić information content (AvgIpc) is 2.58. The summed E-state index contributed by atoms with van der Waals surface area (Å²) in [7, 11) is 1.86.